The number of rotatable bonds is 6. The fourth-order valence-electron chi connectivity index (χ4n) is 3.54. The van der Waals surface area contributed by atoms with E-state index in [-0.39, 0.29) is 36.6 Å². The Morgan fingerprint density at radius 2 is 2.19 bits per heavy atom. The van der Waals surface area contributed by atoms with Crippen molar-refractivity contribution in [1.82, 2.24) is 15.2 Å². The van der Waals surface area contributed by atoms with Gasteiger partial charge < -0.3 is 20.1 Å². The largest absolute Gasteiger partial charge is 0.396 e. The number of nitrogens with zero attached hydrogens (tertiary/aromatic N) is 1. The van der Waals surface area contributed by atoms with E-state index in [9.17, 15) is 14.7 Å². The minimum atomic E-state index is -0.197. The topological polar surface area (TPSA) is 94.7 Å². The molecule has 3 N–H and O–H groups in total. The highest BCUT2D eigenvalue weighted by Gasteiger charge is 2.33. The number of carbonyl (C=O) groups excluding carboxylic acids is 1. The SMILES string of the molecule is COCC(=O)N[C@@H]1CN(Cc2cc3ccc(C)cc3[nH]c2=O)C[C@H]1CO. The van der Waals surface area contributed by atoms with Crippen LogP contribution < -0.4 is 10.9 Å². The highest BCUT2D eigenvalue weighted by molar-refractivity contribution is 5.79. The fourth-order valence-corrected chi connectivity index (χ4v) is 3.54. The van der Waals surface area contributed by atoms with Gasteiger partial charge in [-0.15, -0.1) is 0 Å². The minimum Gasteiger partial charge on any atom is -0.396 e. The number of aliphatic hydroxyl groups is 1. The number of fused-ring (bicyclic) bond motifs is 1. The van der Waals surface area contributed by atoms with E-state index in [4.69, 9.17) is 4.74 Å². The van der Waals surface area contributed by atoms with Crippen molar-refractivity contribution in [2.24, 2.45) is 5.92 Å². The molecule has 1 saturated heterocycles. The van der Waals surface area contributed by atoms with Gasteiger partial charge in [0.15, 0.2) is 0 Å². The lowest BCUT2D eigenvalue weighted by Gasteiger charge is -2.17. The lowest BCUT2D eigenvalue weighted by molar-refractivity contribution is -0.125. The number of ether oxygens (including phenoxy) is 1. The maximum Gasteiger partial charge on any atom is 0.252 e. The summed E-state index contributed by atoms with van der Waals surface area (Å²) in [7, 11) is 1.47. The van der Waals surface area contributed by atoms with Gasteiger partial charge in [-0.05, 0) is 30.0 Å². The Kier molecular flexibility index (Phi) is 5.70. The number of H-pyrrole nitrogens is 1. The molecule has 0 unspecified atom stereocenters. The van der Waals surface area contributed by atoms with Gasteiger partial charge in [0.1, 0.15) is 6.61 Å². The number of likely N-dealkylation sites (tertiary alicyclic amines) is 1. The molecule has 1 aliphatic rings. The van der Waals surface area contributed by atoms with Crippen LogP contribution in [0.5, 0.6) is 0 Å². The molecule has 3 rings (SSSR count). The van der Waals surface area contributed by atoms with Crippen molar-refractivity contribution in [2.45, 2.75) is 19.5 Å². The van der Waals surface area contributed by atoms with Crippen molar-refractivity contribution >= 4 is 16.8 Å². The lowest BCUT2D eigenvalue weighted by Crippen LogP contribution is -2.43. The molecule has 1 aromatic heterocycles. The van der Waals surface area contributed by atoms with E-state index in [1.165, 1.54) is 7.11 Å². The van der Waals surface area contributed by atoms with Crippen molar-refractivity contribution < 1.29 is 14.6 Å². The van der Waals surface area contributed by atoms with Crippen molar-refractivity contribution in [3.8, 4) is 0 Å². The summed E-state index contributed by atoms with van der Waals surface area (Å²) in [5.74, 6) is -0.255. The molecule has 1 aliphatic heterocycles. The number of methoxy groups -OCH3 is 1. The Morgan fingerprint density at radius 1 is 1.38 bits per heavy atom. The van der Waals surface area contributed by atoms with Crippen LogP contribution in [0.1, 0.15) is 11.1 Å². The molecule has 140 valence electrons. The standard InChI is InChI=1S/C19H25N3O4/c1-12-3-4-13-6-14(19(25)21-16(13)5-12)7-22-8-15(10-23)17(9-22)20-18(24)11-26-2/h3-6,15,17,23H,7-11H2,1-2H3,(H,20,24)(H,21,25)/t15-,17+/m0/s1. The minimum absolute atomic E-state index is 0.00158. The first-order valence-corrected chi connectivity index (χ1v) is 8.74. The molecule has 0 bridgehead atoms. The Hall–Kier alpha value is -2.22. The summed E-state index contributed by atoms with van der Waals surface area (Å²) in [6.07, 6.45) is 0. The zero-order valence-electron chi connectivity index (χ0n) is 15.1. The maximum atomic E-state index is 12.4. The third kappa shape index (κ3) is 4.12. The maximum absolute atomic E-state index is 12.4. The Labute approximate surface area is 152 Å². The molecular formula is C19H25N3O4. The summed E-state index contributed by atoms with van der Waals surface area (Å²) in [6.45, 7) is 3.67. The monoisotopic (exact) mass is 359 g/mol. The summed E-state index contributed by atoms with van der Waals surface area (Å²) in [5, 5.41) is 13.5. The van der Waals surface area contributed by atoms with Crippen molar-refractivity contribution in [3.63, 3.8) is 0 Å². The zero-order valence-corrected chi connectivity index (χ0v) is 15.1. The third-order valence-electron chi connectivity index (χ3n) is 4.85. The normalized spacial score (nSPS) is 20.6. The number of aromatic amines is 1. The number of amides is 1. The first-order valence-electron chi connectivity index (χ1n) is 8.74. The van der Waals surface area contributed by atoms with E-state index >= 15 is 0 Å². The van der Waals surface area contributed by atoms with Gasteiger partial charge in [0, 0.05) is 56.4 Å². The van der Waals surface area contributed by atoms with Gasteiger partial charge >= 0.3 is 0 Å². The molecule has 1 amide bonds. The Bertz CT molecular complexity index is 848. The third-order valence-corrected chi connectivity index (χ3v) is 4.85. The molecule has 0 aliphatic carbocycles. The van der Waals surface area contributed by atoms with Gasteiger partial charge in [-0.1, -0.05) is 12.1 Å². The molecule has 0 saturated carbocycles. The van der Waals surface area contributed by atoms with Crippen LogP contribution in [0.2, 0.25) is 0 Å². The number of aliphatic hydroxyl groups excluding tert-OH is 1. The van der Waals surface area contributed by atoms with E-state index in [1.807, 2.05) is 31.2 Å². The van der Waals surface area contributed by atoms with Crippen molar-refractivity contribution in [1.29, 1.82) is 0 Å². The van der Waals surface area contributed by atoms with E-state index in [0.717, 1.165) is 16.5 Å². The molecule has 2 aromatic rings. The van der Waals surface area contributed by atoms with Crippen LogP contribution in [0.4, 0.5) is 0 Å². The van der Waals surface area contributed by atoms with Crippen molar-refractivity contribution in [3.05, 3.63) is 45.7 Å². The molecule has 0 radical (unpaired) electrons. The van der Waals surface area contributed by atoms with E-state index in [1.54, 1.807) is 0 Å². The predicted octanol–water partition coefficient (Wildman–Crippen LogP) is 0.392. The summed E-state index contributed by atoms with van der Waals surface area (Å²) in [4.78, 5) is 29.2. The van der Waals surface area contributed by atoms with E-state index in [2.05, 4.69) is 15.2 Å². The fraction of sp³-hybridized carbons (Fsp3) is 0.474. The average molecular weight is 359 g/mol. The number of pyridine rings is 1. The number of carbonyl (C=O) groups is 1. The van der Waals surface area contributed by atoms with Crippen LogP contribution in [-0.2, 0) is 16.1 Å². The summed E-state index contributed by atoms with van der Waals surface area (Å²) < 4.78 is 4.84. The quantitative estimate of drug-likeness (QED) is 0.694. The number of hydrogen-bond donors (Lipinski definition) is 3. The molecule has 1 aromatic carbocycles. The number of hydrogen-bond acceptors (Lipinski definition) is 5. The van der Waals surface area contributed by atoms with Gasteiger partial charge in [0.2, 0.25) is 5.91 Å². The highest BCUT2D eigenvalue weighted by atomic mass is 16.5. The van der Waals surface area contributed by atoms with E-state index < -0.39 is 0 Å². The van der Waals surface area contributed by atoms with Gasteiger partial charge in [-0.2, -0.15) is 0 Å². The summed E-state index contributed by atoms with van der Waals surface area (Å²) in [5.41, 5.74) is 2.51. The number of aryl methyl sites for hydroxylation is 1. The van der Waals surface area contributed by atoms with Gasteiger partial charge in [-0.25, -0.2) is 0 Å². The van der Waals surface area contributed by atoms with Crippen LogP contribution >= 0.6 is 0 Å². The highest BCUT2D eigenvalue weighted by Crippen LogP contribution is 2.20. The van der Waals surface area contributed by atoms with Gasteiger partial charge in [0.05, 0.1) is 0 Å². The second kappa shape index (κ2) is 7.99. The summed E-state index contributed by atoms with van der Waals surface area (Å²) >= 11 is 0. The molecule has 2 atom stereocenters. The lowest BCUT2D eigenvalue weighted by atomic mass is 10.1. The molecule has 2 heterocycles. The second-order valence-electron chi connectivity index (χ2n) is 6.96. The predicted molar refractivity (Wildman–Crippen MR) is 99.0 cm³/mol. The molecule has 1 fully saturated rings. The average Bonchev–Trinajstić information content (AvgIpc) is 2.97. The second-order valence-corrected chi connectivity index (χ2v) is 6.96. The van der Waals surface area contributed by atoms with Crippen LogP contribution in [-0.4, -0.2) is 60.4 Å². The van der Waals surface area contributed by atoms with Crippen LogP contribution in [0.3, 0.4) is 0 Å². The van der Waals surface area contributed by atoms with E-state index in [0.29, 0.717) is 25.2 Å². The van der Waals surface area contributed by atoms with Crippen LogP contribution in [0.25, 0.3) is 10.9 Å². The molecule has 0 spiro atoms. The Balaban J connectivity index is 1.73. The van der Waals surface area contributed by atoms with Crippen LogP contribution in [0, 0.1) is 12.8 Å². The molecule has 7 nitrogen and oxygen atoms in total. The number of nitrogens with one attached hydrogen (secondary N) is 2. The summed E-state index contributed by atoms with van der Waals surface area (Å²) in [6, 6.07) is 7.74. The number of benzene rings is 1. The molecule has 7 heteroatoms. The van der Waals surface area contributed by atoms with Gasteiger partial charge in [0.25, 0.3) is 5.56 Å². The zero-order chi connectivity index (χ0) is 18.7. The first-order chi connectivity index (χ1) is 12.5. The number of aromatic nitrogens is 1. The van der Waals surface area contributed by atoms with Crippen LogP contribution in [0.15, 0.2) is 29.1 Å². The smallest absolute Gasteiger partial charge is 0.252 e. The Morgan fingerprint density at radius 3 is 2.92 bits per heavy atom. The van der Waals surface area contributed by atoms with Crippen molar-refractivity contribution in [2.75, 3.05) is 33.4 Å². The molecular weight excluding hydrogens is 334 g/mol. The molecule has 26 heavy (non-hydrogen) atoms. The van der Waals surface area contributed by atoms with Gasteiger partial charge in [-0.3, -0.25) is 14.5 Å². The first kappa shape index (κ1) is 18.6.